The third-order valence-corrected chi connectivity index (χ3v) is 4.04. The first kappa shape index (κ1) is 15.9. The number of aromatic nitrogens is 1. The van der Waals surface area contributed by atoms with Crippen LogP contribution in [0.4, 0.5) is 18.0 Å². The quantitative estimate of drug-likeness (QED) is 0.930. The Morgan fingerprint density at radius 2 is 2.10 bits per heavy atom. The van der Waals surface area contributed by atoms with Crippen molar-refractivity contribution in [2.24, 2.45) is 0 Å². The number of urea groups is 1. The van der Waals surface area contributed by atoms with Crippen LogP contribution in [-0.2, 0) is 12.6 Å². The molecule has 1 fully saturated rings. The van der Waals surface area contributed by atoms with Gasteiger partial charge in [-0.25, -0.2) is 4.79 Å². The van der Waals surface area contributed by atoms with E-state index in [1.165, 1.54) is 0 Å². The molecule has 0 aromatic carbocycles. The molecule has 0 spiro atoms. The van der Waals surface area contributed by atoms with Gasteiger partial charge in [-0.3, -0.25) is 4.98 Å². The number of nitrogens with zero attached hydrogens (tertiary/aromatic N) is 2. The van der Waals surface area contributed by atoms with Crippen molar-refractivity contribution in [2.75, 3.05) is 31.1 Å². The molecule has 1 N–H and O–H groups in total. The number of rotatable bonds is 3. The molecule has 0 saturated carbocycles. The molecule has 4 nitrogen and oxygen atoms in total. The van der Waals surface area contributed by atoms with Gasteiger partial charge < -0.3 is 10.2 Å². The second kappa shape index (κ2) is 7.02. The number of alkyl halides is 3. The van der Waals surface area contributed by atoms with Crippen LogP contribution in [0.25, 0.3) is 0 Å². The second-order valence-corrected chi connectivity index (χ2v) is 5.84. The molecule has 1 aliphatic heterocycles. The van der Waals surface area contributed by atoms with E-state index in [-0.39, 0.29) is 19.0 Å². The molecule has 0 radical (unpaired) electrons. The zero-order chi connectivity index (χ0) is 15.3. The maximum absolute atomic E-state index is 12.6. The van der Waals surface area contributed by atoms with Crippen LogP contribution in [0.1, 0.15) is 11.3 Å². The van der Waals surface area contributed by atoms with Crippen LogP contribution >= 0.6 is 11.8 Å². The molecule has 0 bridgehead atoms. The summed E-state index contributed by atoms with van der Waals surface area (Å²) in [5, 5.41) is 2.72. The highest BCUT2D eigenvalue weighted by atomic mass is 32.2. The van der Waals surface area contributed by atoms with Crippen molar-refractivity contribution >= 4 is 17.8 Å². The Balaban J connectivity index is 1.82. The molecule has 1 aromatic heterocycles. The van der Waals surface area contributed by atoms with Crippen molar-refractivity contribution in [3.63, 3.8) is 0 Å². The maximum atomic E-state index is 12.6. The van der Waals surface area contributed by atoms with Crippen molar-refractivity contribution in [1.82, 2.24) is 15.2 Å². The van der Waals surface area contributed by atoms with Gasteiger partial charge in [-0.1, -0.05) is 0 Å². The Morgan fingerprint density at radius 3 is 2.76 bits per heavy atom. The Bertz CT molecular complexity index is 490. The number of hydrogen-bond acceptors (Lipinski definition) is 3. The smallest absolute Gasteiger partial charge is 0.338 e. The normalized spacial score (nSPS) is 15.9. The van der Waals surface area contributed by atoms with Crippen LogP contribution in [0.3, 0.4) is 0 Å². The molecule has 8 heteroatoms. The highest BCUT2D eigenvalue weighted by Gasteiger charge is 2.30. The molecule has 2 rings (SSSR count). The van der Waals surface area contributed by atoms with Crippen molar-refractivity contribution in [1.29, 1.82) is 0 Å². The summed E-state index contributed by atoms with van der Waals surface area (Å²) < 4.78 is 37.7. The van der Waals surface area contributed by atoms with Gasteiger partial charge in [0.15, 0.2) is 0 Å². The van der Waals surface area contributed by atoms with E-state index in [9.17, 15) is 18.0 Å². The molecule has 116 valence electrons. The molecule has 1 saturated heterocycles. The van der Waals surface area contributed by atoms with E-state index in [0.717, 1.165) is 29.8 Å². The van der Waals surface area contributed by atoms with E-state index in [1.807, 2.05) is 0 Å². The molecule has 2 amide bonds. The van der Waals surface area contributed by atoms with Crippen molar-refractivity contribution in [3.05, 3.63) is 29.6 Å². The largest absolute Gasteiger partial charge is 0.416 e. The van der Waals surface area contributed by atoms with E-state index in [0.29, 0.717) is 18.8 Å². The van der Waals surface area contributed by atoms with Crippen molar-refractivity contribution in [2.45, 2.75) is 12.6 Å². The summed E-state index contributed by atoms with van der Waals surface area (Å²) in [5.74, 6) is 1.84. The van der Waals surface area contributed by atoms with Crippen molar-refractivity contribution < 1.29 is 18.0 Å². The highest BCUT2D eigenvalue weighted by molar-refractivity contribution is 7.99. The summed E-state index contributed by atoms with van der Waals surface area (Å²) >= 11 is 1.80. The van der Waals surface area contributed by atoms with E-state index in [2.05, 4.69) is 10.3 Å². The summed E-state index contributed by atoms with van der Waals surface area (Å²) in [6.07, 6.45) is -2.95. The third-order valence-electron chi connectivity index (χ3n) is 3.10. The predicted molar refractivity (Wildman–Crippen MR) is 75.2 cm³/mol. The zero-order valence-corrected chi connectivity index (χ0v) is 12.1. The lowest BCUT2D eigenvalue weighted by atomic mass is 10.2. The summed E-state index contributed by atoms with van der Waals surface area (Å²) in [6, 6.07) is 1.79. The Kier molecular flexibility index (Phi) is 5.33. The molecule has 0 aliphatic carbocycles. The number of thioether (sulfide) groups is 1. The Morgan fingerprint density at radius 1 is 1.38 bits per heavy atom. The van der Waals surface area contributed by atoms with Crippen LogP contribution in [0.2, 0.25) is 0 Å². The minimum atomic E-state index is -4.37. The average molecular weight is 319 g/mol. The van der Waals surface area contributed by atoms with Gasteiger partial charge in [0.25, 0.3) is 0 Å². The number of halogens is 3. The topological polar surface area (TPSA) is 45.2 Å². The van der Waals surface area contributed by atoms with Gasteiger partial charge in [0.05, 0.1) is 5.56 Å². The number of carbonyl (C=O) groups is 1. The van der Waals surface area contributed by atoms with E-state index < -0.39 is 11.7 Å². The number of carbonyl (C=O) groups excluding carboxylic acids is 1. The maximum Gasteiger partial charge on any atom is 0.416 e. The van der Waals surface area contributed by atoms with Crippen LogP contribution < -0.4 is 5.32 Å². The molecule has 1 aromatic rings. The average Bonchev–Trinajstić information content (AvgIpc) is 2.47. The number of hydrogen-bond donors (Lipinski definition) is 1. The van der Waals surface area contributed by atoms with Gasteiger partial charge in [0.1, 0.15) is 0 Å². The zero-order valence-electron chi connectivity index (χ0n) is 11.3. The molecule has 2 heterocycles. The first-order chi connectivity index (χ1) is 9.97. The lowest BCUT2D eigenvalue weighted by Gasteiger charge is -2.26. The van der Waals surface area contributed by atoms with E-state index >= 15 is 0 Å². The summed E-state index contributed by atoms with van der Waals surface area (Å²) in [6.45, 7) is 1.69. The fourth-order valence-electron chi connectivity index (χ4n) is 1.97. The van der Waals surface area contributed by atoms with Crippen LogP contribution in [0, 0.1) is 0 Å². The standard InChI is InChI=1S/C13H16F3N3OS/c14-13(15,16)10-1-3-17-11(9-10)2-4-18-12(20)19-5-7-21-8-6-19/h1,3,9H,2,4-8H2,(H,18,20). The van der Waals surface area contributed by atoms with Gasteiger partial charge >= 0.3 is 12.2 Å². The summed E-state index contributed by atoms with van der Waals surface area (Å²) in [5.41, 5.74) is -0.397. The first-order valence-electron chi connectivity index (χ1n) is 6.59. The summed E-state index contributed by atoms with van der Waals surface area (Å²) in [7, 11) is 0. The van der Waals surface area contributed by atoms with Crippen LogP contribution in [-0.4, -0.2) is 47.1 Å². The fraction of sp³-hybridized carbons (Fsp3) is 0.538. The first-order valence-corrected chi connectivity index (χ1v) is 7.75. The highest BCUT2D eigenvalue weighted by Crippen LogP contribution is 2.28. The van der Waals surface area contributed by atoms with Crippen LogP contribution in [0.5, 0.6) is 0 Å². The van der Waals surface area contributed by atoms with E-state index in [4.69, 9.17) is 0 Å². The SMILES string of the molecule is O=C(NCCc1cc(C(F)(F)F)ccn1)N1CCSCC1. The third kappa shape index (κ3) is 4.80. The molecular weight excluding hydrogens is 303 g/mol. The summed E-state index contributed by atoms with van der Waals surface area (Å²) in [4.78, 5) is 17.4. The van der Waals surface area contributed by atoms with Gasteiger partial charge in [0, 0.05) is 49.5 Å². The van der Waals surface area contributed by atoms with Gasteiger partial charge in [-0.05, 0) is 12.1 Å². The second-order valence-electron chi connectivity index (χ2n) is 4.61. The molecule has 1 aliphatic rings. The number of amides is 2. The minimum Gasteiger partial charge on any atom is -0.338 e. The van der Waals surface area contributed by atoms with Crippen LogP contribution in [0.15, 0.2) is 18.3 Å². The monoisotopic (exact) mass is 319 g/mol. The number of pyridine rings is 1. The Hall–Kier alpha value is -1.44. The predicted octanol–water partition coefficient (Wildman–Crippen LogP) is 2.40. The minimum absolute atomic E-state index is 0.165. The molecule has 0 atom stereocenters. The lowest BCUT2D eigenvalue weighted by Crippen LogP contribution is -2.44. The van der Waals surface area contributed by atoms with Gasteiger partial charge in [-0.2, -0.15) is 24.9 Å². The van der Waals surface area contributed by atoms with E-state index in [1.54, 1.807) is 16.7 Å². The van der Waals surface area contributed by atoms with Gasteiger partial charge in [-0.15, -0.1) is 0 Å². The van der Waals surface area contributed by atoms with Gasteiger partial charge in [0.2, 0.25) is 0 Å². The van der Waals surface area contributed by atoms with Crippen molar-refractivity contribution in [3.8, 4) is 0 Å². The fourth-order valence-corrected chi connectivity index (χ4v) is 2.87. The molecular formula is C13H16F3N3OS. The molecule has 21 heavy (non-hydrogen) atoms. The Labute approximate surface area is 125 Å². The molecule has 0 unspecified atom stereocenters. The number of nitrogens with one attached hydrogen (secondary N) is 1. The lowest BCUT2D eigenvalue weighted by molar-refractivity contribution is -0.137.